The molecule has 1 heterocycles. The van der Waals surface area contributed by atoms with Gasteiger partial charge in [0, 0.05) is 10.3 Å². The van der Waals surface area contributed by atoms with Gasteiger partial charge < -0.3 is 10.5 Å². The lowest BCUT2D eigenvalue weighted by Crippen LogP contribution is -2.16. The Morgan fingerprint density at radius 3 is 2.78 bits per heavy atom. The number of nitrogens with two attached hydrogens (primary N) is 1. The quantitative estimate of drug-likeness (QED) is 0.772. The van der Waals surface area contributed by atoms with E-state index in [4.69, 9.17) is 10.5 Å². The molecule has 0 aliphatic rings. The van der Waals surface area contributed by atoms with Crippen LogP contribution >= 0.6 is 11.3 Å². The van der Waals surface area contributed by atoms with Crippen molar-refractivity contribution in [2.45, 2.75) is 13.0 Å². The number of carbonyl (C=O) groups excluding carboxylic acids is 1. The predicted molar refractivity (Wildman–Crippen MR) is 85.4 cm³/mol. The fraction of sp³-hybridized carbons (Fsp3) is 0.118. The van der Waals surface area contributed by atoms with Crippen LogP contribution in [0.5, 0.6) is 5.75 Å². The van der Waals surface area contributed by atoms with Crippen LogP contribution in [0.4, 0.5) is 8.78 Å². The Kier molecular flexibility index (Phi) is 4.25. The number of carbonyl (C=O) groups is 1. The lowest BCUT2D eigenvalue weighted by Gasteiger charge is -2.11. The largest absolute Gasteiger partial charge is 0.486 e. The molecule has 2 aromatic carbocycles. The second-order valence-corrected chi connectivity index (χ2v) is 6.01. The molecule has 23 heavy (non-hydrogen) atoms. The molecule has 1 amide bonds. The van der Waals surface area contributed by atoms with Gasteiger partial charge in [-0.05, 0) is 46.7 Å². The third-order valence-electron chi connectivity index (χ3n) is 3.41. The van der Waals surface area contributed by atoms with E-state index in [1.165, 1.54) is 6.07 Å². The van der Waals surface area contributed by atoms with Crippen molar-refractivity contribution in [1.82, 2.24) is 0 Å². The highest BCUT2D eigenvalue weighted by Gasteiger charge is 2.16. The van der Waals surface area contributed by atoms with Crippen LogP contribution in [0.1, 0.15) is 11.1 Å². The molecule has 0 saturated carbocycles. The van der Waals surface area contributed by atoms with Crippen LogP contribution in [0.15, 0.2) is 41.8 Å². The highest BCUT2D eigenvalue weighted by atomic mass is 32.1. The number of amides is 1. The summed E-state index contributed by atoms with van der Waals surface area (Å²) < 4.78 is 34.4. The topological polar surface area (TPSA) is 52.3 Å². The van der Waals surface area contributed by atoms with Crippen LogP contribution < -0.4 is 10.5 Å². The summed E-state index contributed by atoms with van der Waals surface area (Å²) in [6.45, 7) is 0.143. The first-order valence-electron chi connectivity index (χ1n) is 6.88. The fourth-order valence-electron chi connectivity index (χ4n) is 2.29. The summed E-state index contributed by atoms with van der Waals surface area (Å²) in [5, 5.41) is 3.08. The summed E-state index contributed by atoms with van der Waals surface area (Å²) in [6, 6.07) is 10.1. The fourth-order valence-corrected chi connectivity index (χ4v) is 3.06. The molecule has 0 saturated heterocycles. The molecule has 3 nitrogen and oxygen atoms in total. The van der Waals surface area contributed by atoms with Crippen LogP contribution in [0.3, 0.4) is 0 Å². The van der Waals surface area contributed by atoms with E-state index in [0.29, 0.717) is 0 Å². The van der Waals surface area contributed by atoms with E-state index in [2.05, 4.69) is 0 Å². The average Bonchev–Trinajstić information content (AvgIpc) is 2.98. The molecule has 3 rings (SSSR count). The van der Waals surface area contributed by atoms with Crippen LogP contribution in [0, 0.1) is 11.6 Å². The van der Waals surface area contributed by atoms with E-state index in [-0.39, 0.29) is 17.9 Å². The molecule has 0 fully saturated rings. The zero-order chi connectivity index (χ0) is 16.4. The van der Waals surface area contributed by atoms with Crippen molar-refractivity contribution < 1.29 is 18.3 Å². The van der Waals surface area contributed by atoms with Gasteiger partial charge in [0.05, 0.1) is 6.42 Å². The molecule has 0 spiro atoms. The highest BCUT2D eigenvalue weighted by molar-refractivity contribution is 7.17. The molecule has 2 N–H and O–H groups in total. The van der Waals surface area contributed by atoms with Gasteiger partial charge in [-0.25, -0.2) is 8.78 Å². The Morgan fingerprint density at radius 2 is 2.00 bits per heavy atom. The average molecular weight is 333 g/mol. The molecular formula is C17H13F2NO2S. The standard InChI is InChI=1S/C17H13F2NO2S/c18-13-2-3-14(17(19)12(13)8-16(20)21)22-9-10-1-4-15-11(7-10)5-6-23-15/h1-7H,8-9H2,(H2,20,21). The first-order valence-corrected chi connectivity index (χ1v) is 7.76. The van der Waals surface area contributed by atoms with Crippen molar-refractivity contribution in [3.8, 4) is 5.75 Å². The summed E-state index contributed by atoms with van der Waals surface area (Å²) >= 11 is 1.64. The maximum atomic E-state index is 14.2. The van der Waals surface area contributed by atoms with Crippen LogP contribution in [-0.2, 0) is 17.8 Å². The van der Waals surface area contributed by atoms with Crippen molar-refractivity contribution >= 4 is 27.3 Å². The van der Waals surface area contributed by atoms with Gasteiger partial charge in [0.1, 0.15) is 12.4 Å². The maximum Gasteiger partial charge on any atom is 0.222 e. The number of thiophene rings is 1. The van der Waals surface area contributed by atoms with Crippen LogP contribution in [0.2, 0.25) is 0 Å². The number of benzene rings is 2. The van der Waals surface area contributed by atoms with Gasteiger partial charge in [-0.3, -0.25) is 4.79 Å². The Hall–Kier alpha value is -2.47. The minimum absolute atomic E-state index is 0.104. The molecule has 6 heteroatoms. The lowest BCUT2D eigenvalue weighted by atomic mass is 10.1. The Morgan fingerprint density at radius 1 is 1.17 bits per heavy atom. The van der Waals surface area contributed by atoms with Crippen molar-refractivity contribution in [1.29, 1.82) is 0 Å². The van der Waals surface area contributed by atoms with E-state index < -0.39 is 24.0 Å². The summed E-state index contributed by atoms with van der Waals surface area (Å²) in [6.07, 6.45) is -0.504. The first kappa shape index (κ1) is 15.4. The van der Waals surface area contributed by atoms with Gasteiger partial charge in [-0.2, -0.15) is 0 Å². The molecule has 0 radical (unpaired) electrons. The number of hydrogen-bond acceptors (Lipinski definition) is 3. The lowest BCUT2D eigenvalue weighted by molar-refractivity contribution is -0.117. The van der Waals surface area contributed by atoms with Crippen molar-refractivity contribution in [3.63, 3.8) is 0 Å². The third-order valence-corrected chi connectivity index (χ3v) is 4.31. The van der Waals surface area contributed by atoms with Gasteiger partial charge >= 0.3 is 0 Å². The summed E-state index contributed by atoms with van der Waals surface area (Å²) in [7, 11) is 0. The monoisotopic (exact) mass is 333 g/mol. The minimum Gasteiger partial charge on any atom is -0.486 e. The smallest absolute Gasteiger partial charge is 0.222 e. The van der Waals surface area contributed by atoms with Crippen molar-refractivity contribution in [2.24, 2.45) is 5.73 Å². The molecule has 0 unspecified atom stereocenters. The third kappa shape index (κ3) is 3.32. The van der Waals surface area contributed by atoms with E-state index in [1.807, 2.05) is 29.6 Å². The zero-order valence-electron chi connectivity index (χ0n) is 12.0. The van der Waals surface area contributed by atoms with Gasteiger partial charge in [-0.15, -0.1) is 11.3 Å². The molecule has 0 aliphatic carbocycles. The second-order valence-electron chi connectivity index (χ2n) is 5.06. The van der Waals surface area contributed by atoms with Crippen LogP contribution in [0.25, 0.3) is 10.1 Å². The van der Waals surface area contributed by atoms with Gasteiger partial charge in [0.2, 0.25) is 5.91 Å². The molecule has 118 valence electrons. The highest BCUT2D eigenvalue weighted by Crippen LogP contribution is 2.26. The number of halogens is 2. The minimum atomic E-state index is -0.889. The van der Waals surface area contributed by atoms with E-state index in [0.717, 1.165) is 21.7 Å². The normalized spacial score (nSPS) is 10.9. The summed E-state index contributed by atoms with van der Waals surface area (Å²) in [5.41, 5.74) is 5.51. The van der Waals surface area contributed by atoms with Gasteiger partial charge in [0.25, 0.3) is 0 Å². The summed E-state index contributed by atoms with van der Waals surface area (Å²) in [5.74, 6) is -2.61. The van der Waals surface area contributed by atoms with Crippen molar-refractivity contribution in [3.05, 3.63) is 64.5 Å². The SMILES string of the molecule is NC(=O)Cc1c(F)ccc(OCc2ccc3sccc3c2)c1F. The molecule has 3 aromatic rings. The number of fused-ring (bicyclic) bond motifs is 1. The molecule has 0 atom stereocenters. The second kappa shape index (κ2) is 6.34. The molecule has 1 aromatic heterocycles. The number of primary amides is 1. The summed E-state index contributed by atoms with van der Waals surface area (Å²) in [4.78, 5) is 10.9. The Labute approximate surface area is 135 Å². The number of hydrogen-bond donors (Lipinski definition) is 1. The van der Waals surface area contributed by atoms with E-state index in [1.54, 1.807) is 11.3 Å². The van der Waals surface area contributed by atoms with Gasteiger partial charge in [0.15, 0.2) is 11.6 Å². The number of rotatable bonds is 5. The molecule has 0 bridgehead atoms. The van der Waals surface area contributed by atoms with E-state index in [9.17, 15) is 13.6 Å². The van der Waals surface area contributed by atoms with Crippen LogP contribution in [-0.4, -0.2) is 5.91 Å². The van der Waals surface area contributed by atoms with Gasteiger partial charge in [-0.1, -0.05) is 6.07 Å². The van der Waals surface area contributed by atoms with E-state index >= 15 is 0 Å². The maximum absolute atomic E-state index is 14.2. The number of ether oxygens (including phenoxy) is 1. The molecular weight excluding hydrogens is 320 g/mol. The first-order chi connectivity index (χ1) is 11.0. The Balaban J connectivity index is 1.80. The van der Waals surface area contributed by atoms with Crippen molar-refractivity contribution in [2.75, 3.05) is 0 Å². The molecule has 0 aliphatic heterocycles. The predicted octanol–water partition coefficient (Wildman–Crippen LogP) is 3.79. The zero-order valence-corrected chi connectivity index (χ0v) is 12.8. The Bertz CT molecular complexity index is 876.